The van der Waals surface area contributed by atoms with Gasteiger partial charge >= 0.3 is 5.97 Å². The first kappa shape index (κ1) is 10.4. The van der Waals surface area contributed by atoms with Crippen molar-refractivity contribution in [1.29, 1.82) is 0 Å². The molecule has 0 fully saturated rings. The molecule has 0 amide bonds. The van der Waals surface area contributed by atoms with Crippen molar-refractivity contribution in [1.82, 2.24) is 9.80 Å². The Kier molecular flexibility index (Phi) is 4.81. The zero-order valence-corrected chi connectivity index (χ0v) is 7.37. The minimum absolute atomic E-state index is 0.119. The van der Waals surface area contributed by atoms with Gasteiger partial charge in [-0.1, -0.05) is 0 Å². The van der Waals surface area contributed by atoms with E-state index >= 15 is 0 Å². The number of likely N-dealkylation sites (N-methyl/N-ethyl adjacent to an activating group) is 2. The lowest BCUT2D eigenvalue weighted by molar-refractivity contribution is -0.138. The molecule has 0 aromatic carbocycles. The molecule has 4 nitrogen and oxygen atoms in total. The Labute approximate surface area is 67.4 Å². The third kappa shape index (κ3) is 7.29. The number of carboxylic acid groups (broad SMARTS) is 1. The smallest absolute Gasteiger partial charge is 0.317 e. The van der Waals surface area contributed by atoms with Gasteiger partial charge in [0.1, 0.15) is 0 Å². The number of carboxylic acids is 1. The maximum atomic E-state index is 10.2. The van der Waals surface area contributed by atoms with Gasteiger partial charge in [0.2, 0.25) is 0 Å². The van der Waals surface area contributed by atoms with E-state index in [1.54, 1.807) is 11.9 Å². The van der Waals surface area contributed by atoms with Crippen molar-refractivity contribution in [2.24, 2.45) is 0 Å². The molecule has 0 saturated heterocycles. The third-order valence-electron chi connectivity index (χ3n) is 1.33. The van der Waals surface area contributed by atoms with Gasteiger partial charge in [-0.2, -0.15) is 0 Å². The summed E-state index contributed by atoms with van der Waals surface area (Å²) in [5.74, 6) is -0.772. The van der Waals surface area contributed by atoms with Gasteiger partial charge in [-0.25, -0.2) is 0 Å². The lowest BCUT2D eigenvalue weighted by Crippen LogP contribution is -2.32. The molecule has 0 aliphatic heterocycles. The summed E-state index contributed by atoms with van der Waals surface area (Å²) in [6, 6.07) is 0. The van der Waals surface area contributed by atoms with Crippen LogP contribution in [0.4, 0.5) is 0 Å². The average Bonchev–Trinajstić information content (AvgIpc) is 1.82. The molecule has 0 aliphatic rings. The van der Waals surface area contributed by atoms with Crippen molar-refractivity contribution in [3.05, 3.63) is 0 Å². The van der Waals surface area contributed by atoms with Crippen LogP contribution in [-0.4, -0.2) is 61.7 Å². The molecule has 0 radical (unpaired) electrons. The van der Waals surface area contributed by atoms with Gasteiger partial charge in [0.25, 0.3) is 0 Å². The fraction of sp³-hybridized carbons (Fsp3) is 0.857. The van der Waals surface area contributed by atoms with Gasteiger partial charge in [-0.15, -0.1) is 0 Å². The summed E-state index contributed by atoms with van der Waals surface area (Å²) in [7, 11) is 5.74. The first-order valence-electron chi connectivity index (χ1n) is 3.57. The summed E-state index contributed by atoms with van der Waals surface area (Å²) in [6.07, 6.45) is 0. The first-order chi connectivity index (χ1) is 5.02. The van der Waals surface area contributed by atoms with Gasteiger partial charge in [0.15, 0.2) is 0 Å². The van der Waals surface area contributed by atoms with Crippen molar-refractivity contribution in [2.45, 2.75) is 0 Å². The molecule has 66 valence electrons. The minimum Gasteiger partial charge on any atom is -0.480 e. The summed E-state index contributed by atoms with van der Waals surface area (Å²) in [5, 5.41) is 8.39. The maximum absolute atomic E-state index is 10.2. The molecule has 11 heavy (non-hydrogen) atoms. The van der Waals surface area contributed by atoms with Crippen molar-refractivity contribution in [3.8, 4) is 0 Å². The molecule has 0 atom stereocenters. The van der Waals surface area contributed by atoms with E-state index in [4.69, 9.17) is 5.11 Å². The van der Waals surface area contributed by atoms with E-state index in [1.165, 1.54) is 0 Å². The van der Waals surface area contributed by atoms with Gasteiger partial charge in [-0.05, 0) is 21.1 Å². The van der Waals surface area contributed by atoms with E-state index in [0.29, 0.717) is 0 Å². The summed E-state index contributed by atoms with van der Waals surface area (Å²) in [4.78, 5) is 14.0. The minimum atomic E-state index is -0.772. The third-order valence-corrected chi connectivity index (χ3v) is 1.33. The molecule has 0 spiro atoms. The van der Waals surface area contributed by atoms with E-state index < -0.39 is 5.97 Å². The van der Waals surface area contributed by atoms with Gasteiger partial charge in [0.05, 0.1) is 6.54 Å². The fourth-order valence-electron chi connectivity index (χ4n) is 0.681. The van der Waals surface area contributed by atoms with Gasteiger partial charge < -0.3 is 10.0 Å². The van der Waals surface area contributed by atoms with Crippen molar-refractivity contribution in [2.75, 3.05) is 40.8 Å². The van der Waals surface area contributed by atoms with Crippen LogP contribution in [0.1, 0.15) is 0 Å². The zero-order chi connectivity index (χ0) is 8.85. The van der Waals surface area contributed by atoms with Gasteiger partial charge in [0, 0.05) is 13.1 Å². The molecule has 4 heteroatoms. The lowest BCUT2D eigenvalue weighted by Gasteiger charge is -2.16. The normalized spacial score (nSPS) is 11.0. The SMILES string of the molecule is CN(C)CCN(C)CC(=O)O. The molecule has 0 bridgehead atoms. The second-order valence-electron chi connectivity index (χ2n) is 2.93. The topological polar surface area (TPSA) is 43.8 Å². The largest absolute Gasteiger partial charge is 0.480 e. The van der Waals surface area contributed by atoms with Crippen LogP contribution in [0.2, 0.25) is 0 Å². The van der Waals surface area contributed by atoms with Gasteiger partial charge in [-0.3, -0.25) is 9.69 Å². The summed E-state index contributed by atoms with van der Waals surface area (Å²) in [5.41, 5.74) is 0. The number of rotatable bonds is 5. The van der Waals surface area contributed by atoms with E-state index in [9.17, 15) is 4.79 Å². The van der Waals surface area contributed by atoms with E-state index in [-0.39, 0.29) is 6.54 Å². The quantitative estimate of drug-likeness (QED) is 0.592. The molecule has 0 aromatic heterocycles. The second kappa shape index (κ2) is 5.09. The summed E-state index contributed by atoms with van der Waals surface area (Å²) in [6.45, 7) is 1.80. The fourth-order valence-corrected chi connectivity index (χ4v) is 0.681. The highest BCUT2D eigenvalue weighted by molar-refractivity contribution is 5.68. The molecule has 1 N–H and O–H groups in total. The molecule has 0 saturated carbocycles. The average molecular weight is 160 g/mol. The Bertz CT molecular complexity index is 126. The zero-order valence-electron chi connectivity index (χ0n) is 7.37. The monoisotopic (exact) mass is 160 g/mol. The highest BCUT2D eigenvalue weighted by atomic mass is 16.4. The molecular formula is C7H16N2O2. The highest BCUT2D eigenvalue weighted by Gasteiger charge is 2.03. The second-order valence-corrected chi connectivity index (χ2v) is 2.93. The van der Waals surface area contributed by atoms with Crippen LogP contribution in [0.5, 0.6) is 0 Å². The number of hydrogen-bond acceptors (Lipinski definition) is 3. The lowest BCUT2D eigenvalue weighted by atomic mass is 10.5. The molecule has 0 rings (SSSR count). The standard InChI is InChI=1S/C7H16N2O2/c1-8(2)4-5-9(3)6-7(10)11/h4-6H2,1-3H3,(H,10,11). The predicted molar refractivity (Wildman–Crippen MR) is 43.7 cm³/mol. The predicted octanol–water partition coefficient (Wildman–Crippen LogP) is -0.436. The van der Waals surface area contributed by atoms with Crippen molar-refractivity contribution < 1.29 is 9.90 Å². The van der Waals surface area contributed by atoms with Crippen LogP contribution < -0.4 is 0 Å². The maximum Gasteiger partial charge on any atom is 0.317 e. The number of carbonyl (C=O) groups is 1. The van der Waals surface area contributed by atoms with E-state index in [0.717, 1.165) is 13.1 Å². The highest BCUT2D eigenvalue weighted by Crippen LogP contribution is 1.82. The summed E-state index contributed by atoms with van der Waals surface area (Å²) < 4.78 is 0. The van der Waals surface area contributed by atoms with Crippen LogP contribution in [0.25, 0.3) is 0 Å². The summed E-state index contributed by atoms with van der Waals surface area (Å²) >= 11 is 0. The molecule has 0 unspecified atom stereocenters. The Morgan fingerprint density at radius 2 is 1.82 bits per heavy atom. The van der Waals surface area contributed by atoms with Crippen LogP contribution >= 0.6 is 0 Å². The van der Waals surface area contributed by atoms with Crippen molar-refractivity contribution in [3.63, 3.8) is 0 Å². The molecule has 0 heterocycles. The van der Waals surface area contributed by atoms with Crippen LogP contribution in [-0.2, 0) is 4.79 Å². The van der Waals surface area contributed by atoms with Crippen LogP contribution in [0.15, 0.2) is 0 Å². The number of nitrogens with zero attached hydrogens (tertiary/aromatic N) is 2. The van der Waals surface area contributed by atoms with Crippen molar-refractivity contribution >= 4 is 5.97 Å². The Morgan fingerprint density at radius 1 is 1.27 bits per heavy atom. The Morgan fingerprint density at radius 3 is 2.18 bits per heavy atom. The number of hydrogen-bond donors (Lipinski definition) is 1. The Balaban J connectivity index is 3.37. The first-order valence-corrected chi connectivity index (χ1v) is 3.57. The number of aliphatic carboxylic acids is 1. The molecule has 0 aromatic rings. The molecule has 0 aliphatic carbocycles. The van der Waals surface area contributed by atoms with E-state index in [2.05, 4.69) is 0 Å². The van der Waals surface area contributed by atoms with Crippen LogP contribution in [0.3, 0.4) is 0 Å². The Hall–Kier alpha value is -0.610. The van der Waals surface area contributed by atoms with Crippen LogP contribution in [0, 0.1) is 0 Å². The van der Waals surface area contributed by atoms with E-state index in [1.807, 2.05) is 19.0 Å². The molecular weight excluding hydrogens is 144 g/mol.